The molecule has 1 fully saturated rings. The number of benzene rings is 2. The van der Waals surface area contributed by atoms with E-state index >= 15 is 0 Å². The number of rotatable bonds is 6. The maximum absolute atomic E-state index is 12.4. The third kappa shape index (κ3) is 5.19. The predicted octanol–water partition coefficient (Wildman–Crippen LogP) is 2.84. The molecule has 2 heterocycles. The van der Waals surface area contributed by atoms with Gasteiger partial charge in [-0.2, -0.15) is 0 Å². The highest BCUT2D eigenvalue weighted by atomic mass is 16.5. The molecule has 2 amide bonds. The first-order valence-corrected chi connectivity index (χ1v) is 10.5. The Morgan fingerprint density at radius 3 is 2.29 bits per heavy atom. The van der Waals surface area contributed by atoms with Crippen LogP contribution in [0.25, 0.3) is 11.1 Å². The summed E-state index contributed by atoms with van der Waals surface area (Å²) in [6.45, 7) is 5.90. The number of piperazine rings is 1. The molecule has 1 saturated heterocycles. The van der Waals surface area contributed by atoms with Crippen LogP contribution >= 0.6 is 0 Å². The third-order valence-corrected chi connectivity index (χ3v) is 5.47. The second-order valence-corrected chi connectivity index (χ2v) is 7.66. The van der Waals surface area contributed by atoms with Gasteiger partial charge < -0.3 is 14.7 Å². The van der Waals surface area contributed by atoms with E-state index in [-0.39, 0.29) is 11.8 Å². The molecule has 0 unspecified atom stereocenters. The Kier molecular flexibility index (Phi) is 6.43. The van der Waals surface area contributed by atoms with Gasteiger partial charge in [-0.1, -0.05) is 47.6 Å². The van der Waals surface area contributed by atoms with Gasteiger partial charge in [0.25, 0.3) is 11.8 Å². The molecule has 1 N–H and O–H groups in total. The first-order chi connectivity index (χ1) is 15.1. The quantitative estimate of drug-likeness (QED) is 0.666. The Hall–Kier alpha value is -3.45. The maximum Gasteiger partial charge on any atom is 0.276 e. The van der Waals surface area contributed by atoms with Gasteiger partial charge >= 0.3 is 0 Å². The molecule has 0 bridgehead atoms. The number of hydrogen-bond acceptors (Lipinski definition) is 5. The lowest BCUT2D eigenvalue weighted by molar-refractivity contribution is 0.0628. The third-order valence-electron chi connectivity index (χ3n) is 5.47. The van der Waals surface area contributed by atoms with E-state index in [1.165, 1.54) is 0 Å². The Morgan fingerprint density at radius 1 is 0.968 bits per heavy atom. The van der Waals surface area contributed by atoms with Crippen LogP contribution in [0.4, 0.5) is 0 Å². The molecular formula is C24H26N4O3. The number of carbonyl (C=O) groups excluding carboxylic acids is 2. The van der Waals surface area contributed by atoms with E-state index < -0.39 is 0 Å². The Labute approximate surface area is 181 Å². The molecule has 3 aromatic rings. The van der Waals surface area contributed by atoms with E-state index in [1.54, 1.807) is 17.9 Å². The lowest BCUT2D eigenvalue weighted by Gasteiger charge is -2.34. The van der Waals surface area contributed by atoms with E-state index in [0.29, 0.717) is 36.7 Å². The molecule has 1 aliphatic rings. The SMILES string of the molecule is Cc1cc(C(=O)N2CCN(CCNC(=O)c3ccc(-c4ccccc4)cc3)CC2)no1. The molecule has 0 aliphatic carbocycles. The van der Waals surface area contributed by atoms with Gasteiger partial charge in [0.1, 0.15) is 5.76 Å². The van der Waals surface area contributed by atoms with E-state index in [0.717, 1.165) is 30.8 Å². The predicted molar refractivity (Wildman–Crippen MR) is 118 cm³/mol. The highest BCUT2D eigenvalue weighted by Crippen LogP contribution is 2.19. The van der Waals surface area contributed by atoms with Crippen LogP contribution in [0.3, 0.4) is 0 Å². The highest BCUT2D eigenvalue weighted by Gasteiger charge is 2.24. The van der Waals surface area contributed by atoms with Crippen LogP contribution < -0.4 is 5.32 Å². The molecule has 1 aromatic heterocycles. The van der Waals surface area contributed by atoms with Crippen LogP contribution in [-0.4, -0.2) is 66.0 Å². The lowest BCUT2D eigenvalue weighted by atomic mass is 10.0. The van der Waals surface area contributed by atoms with Crippen LogP contribution in [0.2, 0.25) is 0 Å². The minimum Gasteiger partial charge on any atom is -0.361 e. The fourth-order valence-electron chi connectivity index (χ4n) is 3.68. The zero-order valence-corrected chi connectivity index (χ0v) is 17.6. The Bertz CT molecular complexity index is 1020. The summed E-state index contributed by atoms with van der Waals surface area (Å²) in [7, 11) is 0. The van der Waals surface area contributed by atoms with Gasteiger partial charge in [-0.15, -0.1) is 0 Å². The van der Waals surface area contributed by atoms with Gasteiger partial charge in [0.2, 0.25) is 0 Å². The molecular weight excluding hydrogens is 392 g/mol. The molecule has 2 aromatic carbocycles. The van der Waals surface area contributed by atoms with Gasteiger partial charge in [0.05, 0.1) is 0 Å². The molecule has 1 aliphatic heterocycles. The van der Waals surface area contributed by atoms with Crippen molar-refractivity contribution < 1.29 is 14.1 Å². The molecule has 7 nitrogen and oxygen atoms in total. The van der Waals surface area contributed by atoms with Gasteiger partial charge in [0, 0.05) is 50.9 Å². The monoisotopic (exact) mass is 418 g/mol. The summed E-state index contributed by atoms with van der Waals surface area (Å²) in [6.07, 6.45) is 0. The van der Waals surface area contributed by atoms with E-state index in [1.807, 2.05) is 42.5 Å². The Morgan fingerprint density at radius 2 is 1.65 bits per heavy atom. The average molecular weight is 418 g/mol. The minimum absolute atomic E-state index is 0.0742. The van der Waals surface area contributed by atoms with Crippen molar-refractivity contribution in [3.8, 4) is 11.1 Å². The summed E-state index contributed by atoms with van der Waals surface area (Å²) in [4.78, 5) is 28.9. The van der Waals surface area contributed by atoms with E-state index in [2.05, 4.69) is 27.5 Å². The van der Waals surface area contributed by atoms with Crippen molar-refractivity contribution in [2.24, 2.45) is 0 Å². The van der Waals surface area contributed by atoms with E-state index in [9.17, 15) is 9.59 Å². The summed E-state index contributed by atoms with van der Waals surface area (Å²) >= 11 is 0. The average Bonchev–Trinajstić information content (AvgIpc) is 3.26. The fraction of sp³-hybridized carbons (Fsp3) is 0.292. The number of aromatic nitrogens is 1. The van der Waals surface area contributed by atoms with Crippen LogP contribution in [0.15, 0.2) is 65.2 Å². The molecule has 160 valence electrons. The molecule has 0 atom stereocenters. The number of aryl methyl sites for hydroxylation is 1. The van der Waals surface area contributed by atoms with Crippen LogP contribution in [0.5, 0.6) is 0 Å². The molecule has 31 heavy (non-hydrogen) atoms. The second-order valence-electron chi connectivity index (χ2n) is 7.66. The van der Waals surface area contributed by atoms with E-state index in [4.69, 9.17) is 4.52 Å². The minimum atomic E-state index is -0.0937. The molecule has 0 saturated carbocycles. The highest BCUT2D eigenvalue weighted by molar-refractivity contribution is 5.94. The fourth-order valence-corrected chi connectivity index (χ4v) is 3.68. The first kappa shape index (κ1) is 20.8. The largest absolute Gasteiger partial charge is 0.361 e. The number of nitrogens with one attached hydrogen (secondary N) is 1. The standard InChI is InChI=1S/C24H26N4O3/c1-18-17-22(26-31-18)24(30)28-15-13-27(14-16-28)12-11-25-23(29)21-9-7-20(8-10-21)19-5-3-2-4-6-19/h2-10,17H,11-16H2,1H3,(H,25,29). The lowest BCUT2D eigenvalue weighted by Crippen LogP contribution is -2.50. The smallest absolute Gasteiger partial charge is 0.276 e. The van der Waals surface area contributed by atoms with Crippen molar-refractivity contribution in [2.75, 3.05) is 39.3 Å². The maximum atomic E-state index is 12.4. The molecule has 4 rings (SSSR count). The van der Waals surface area contributed by atoms with Crippen molar-refractivity contribution in [1.82, 2.24) is 20.3 Å². The normalized spacial score (nSPS) is 14.4. The zero-order chi connectivity index (χ0) is 21.6. The Balaban J connectivity index is 1.20. The molecule has 7 heteroatoms. The number of amides is 2. The van der Waals surface area contributed by atoms with Crippen molar-refractivity contribution in [2.45, 2.75) is 6.92 Å². The van der Waals surface area contributed by atoms with Crippen LogP contribution in [-0.2, 0) is 0 Å². The number of hydrogen-bond donors (Lipinski definition) is 1. The van der Waals surface area contributed by atoms with Gasteiger partial charge in [-0.05, 0) is 30.2 Å². The molecule has 0 spiro atoms. The zero-order valence-electron chi connectivity index (χ0n) is 17.6. The number of nitrogens with zero attached hydrogens (tertiary/aromatic N) is 3. The summed E-state index contributed by atoms with van der Waals surface area (Å²) in [5.74, 6) is 0.464. The summed E-state index contributed by atoms with van der Waals surface area (Å²) in [6, 6.07) is 19.4. The summed E-state index contributed by atoms with van der Waals surface area (Å²) in [5.41, 5.74) is 3.23. The summed E-state index contributed by atoms with van der Waals surface area (Å²) < 4.78 is 4.99. The van der Waals surface area contributed by atoms with Crippen LogP contribution in [0, 0.1) is 6.92 Å². The van der Waals surface area contributed by atoms with Crippen molar-refractivity contribution in [1.29, 1.82) is 0 Å². The first-order valence-electron chi connectivity index (χ1n) is 10.5. The summed E-state index contributed by atoms with van der Waals surface area (Å²) in [5, 5.41) is 6.79. The van der Waals surface area contributed by atoms with Crippen molar-refractivity contribution in [3.05, 3.63) is 77.7 Å². The molecule has 0 radical (unpaired) electrons. The van der Waals surface area contributed by atoms with Gasteiger partial charge in [0.15, 0.2) is 5.69 Å². The van der Waals surface area contributed by atoms with Crippen molar-refractivity contribution in [3.63, 3.8) is 0 Å². The number of carbonyl (C=O) groups is 2. The van der Waals surface area contributed by atoms with Gasteiger partial charge in [-0.3, -0.25) is 14.5 Å². The second kappa shape index (κ2) is 9.57. The van der Waals surface area contributed by atoms with Crippen LogP contribution in [0.1, 0.15) is 26.6 Å². The van der Waals surface area contributed by atoms with Gasteiger partial charge in [-0.25, -0.2) is 0 Å². The van der Waals surface area contributed by atoms with Crippen molar-refractivity contribution >= 4 is 11.8 Å². The topological polar surface area (TPSA) is 78.7 Å².